The van der Waals surface area contributed by atoms with Gasteiger partial charge in [0.15, 0.2) is 5.82 Å². The number of halogens is 6. The molecular weight excluding hydrogens is 442 g/mol. The molecule has 1 unspecified atom stereocenters. The molecule has 2 heterocycles. The van der Waals surface area contributed by atoms with Crippen molar-refractivity contribution >= 4 is 6.20 Å². The molecule has 0 radical (unpaired) electrons. The molecule has 0 spiro atoms. The van der Waals surface area contributed by atoms with Crippen molar-refractivity contribution in [3.8, 4) is 11.4 Å². The van der Waals surface area contributed by atoms with E-state index in [2.05, 4.69) is 25.4 Å². The van der Waals surface area contributed by atoms with Crippen molar-refractivity contribution in [2.75, 3.05) is 0 Å². The molecule has 170 valence electrons. The third-order valence-corrected chi connectivity index (χ3v) is 4.13. The van der Waals surface area contributed by atoms with Gasteiger partial charge in [-0.15, -0.1) is 5.10 Å². The Labute approximate surface area is 177 Å². The zero-order valence-corrected chi connectivity index (χ0v) is 16.4. The first kappa shape index (κ1) is 23.3. The van der Waals surface area contributed by atoms with Crippen LogP contribution in [0.2, 0.25) is 0 Å². The van der Waals surface area contributed by atoms with Gasteiger partial charge in [0.1, 0.15) is 18.4 Å². The van der Waals surface area contributed by atoms with E-state index >= 15 is 0 Å². The predicted molar refractivity (Wildman–Crippen MR) is 100 cm³/mol. The fraction of sp³-hybridized carbons (Fsp3) is 0.263. The molecular formula is C19H16F6N6O. The van der Waals surface area contributed by atoms with Crippen LogP contribution in [0.25, 0.3) is 17.6 Å². The SMILES string of the molecule is Cc1ncc(CNC(O)/C=C\n2cnc(-c3cc(C(F)(F)F)cc(C(F)(F)F)c3)n2)cn1. The number of hydrogen-bond donors (Lipinski definition) is 2. The van der Waals surface area contributed by atoms with E-state index in [1.165, 1.54) is 12.3 Å². The molecule has 0 bridgehead atoms. The number of aliphatic hydroxyl groups is 1. The Hall–Kier alpha value is -3.32. The lowest BCUT2D eigenvalue weighted by Gasteiger charge is -2.13. The maximum Gasteiger partial charge on any atom is 0.416 e. The van der Waals surface area contributed by atoms with Crippen molar-refractivity contribution in [3.05, 3.63) is 65.5 Å². The first-order valence-electron chi connectivity index (χ1n) is 9.00. The summed E-state index contributed by atoms with van der Waals surface area (Å²) in [5.41, 5.74) is -2.66. The highest BCUT2D eigenvalue weighted by Gasteiger charge is 2.37. The van der Waals surface area contributed by atoms with Gasteiger partial charge in [-0.1, -0.05) is 0 Å². The highest BCUT2D eigenvalue weighted by Crippen LogP contribution is 2.38. The van der Waals surface area contributed by atoms with Gasteiger partial charge in [-0.05, 0) is 31.2 Å². The number of hydrogen-bond acceptors (Lipinski definition) is 6. The van der Waals surface area contributed by atoms with Gasteiger partial charge in [-0.2, -0.15) is 26.3 Å². The average molecular weight is 458 g/mol. The van der Waals surface area contributed by atoms with E-state index in [1.807, 2.05) is 0 Å². The minimum Gasteiger partial charge on any atom is -0.375 e. The minimum absolute atomic E-state index is 0.0293. The lowest BCUT2D eigenvalue weighted by Crippen LogP contribution is -2.26. The largest absolute Gasteiger partial charge is 0.416 e. The molecule has 0 fully saturated rings. The molecule has 3 rings (SSSR count). The van der Waals surface area contributed by atoms with Crippen molar-refractivity contribution in [1.82, 2.24) is 30.0 Å². The first-order valence-corrected chi connectivity index (χ1v) is 9.00. The summed E-state index contributed by atoms with van der Waals surface area (Å²) >= 11 is 0. The topological polar surface area (TPSA) is 88.8 Å². The Morgan fingerprint density at radius 3 is 2.16 bits per heavy atom. The summed E-state index contributed by atoms with van der Waals surface area (Å²) in [6.45, 7) is 1.98. The van der Waals surface area contributed by atoms with Gasteiger partial charge < -0.3 is 5.11 Å². The van der Waals surface area contributed by atoms with E-state index < -0.39 is 35.3 Å². The highest BCUT2D eigenvalue weighted by molar-refractivity contribution is 5.58. The first-order chi connectivity index (χ1) is 14.9. The molecule has 7 nitrogen and oxygen atoms in total. The normalized spacial score (nSPS) is 13.6. The summed E-state index contributed by atoms with van der Waals surface area (Å²) < 4.78 is 79.1. The monoisotopic (exact) mass is 458 g/mol. The molecule has 32 heavy (non-hydrogen) atoms. The molecule has 0 aliphatic carbocycles. The van der Waals surface area contributed by atoms with Gasteiger partial charge in [0, 0.05) is 36.3 Å². The molecule has 0 saturated carbocycles. The predicted octanol–water partition coefficient (Wildman–Crippen LogP) is 3.66. The van der Waals surface area contributed by atoms with Gasteiger partial charge in [0.2, 0.25) is 0 Å². The summed E-state index contributed by atoms with van der Waals surface area (Å²) in [4.78, 5) is 11.8. The second-order valence-corrected chi connectivity index (χ2v) is 6.65. The van der Waals surface area contributed by atoms with Crippen LogP contribution in [-0.2, 0) is 18.9 Å². The van der Waals surface area contributed by atoms with Gasteiger partial charge in [0.05, 0.1) is 11.1 Å². The van der Waals surface area contributed by atoms with Crippen molar-refractivity contribution in [1.29, 1.82) is 0 Å². The fourth-order valence-electron chi connectivity index (χ4n) is 2.53. The van der Waals surface area contributed by atoms with E-state index in [4.69, 9.17) is 0 Å². The number of nitrogens with zero attached hydrogens (tertiary/aromatic N) is 5. The maximum absolute atomic E-state index is 13.0. The van der Waals surface area contributed by atoms with Gasteiger partial charge in [-0.3, -0.25) is 5.32 Å². The average Bonchev–Trinajstić information content (AvgIpc) is 3.19. The van der Waals surface area contributed by atoms with Crippen molar-refractivity contribution in [3.63, 3.8) is 0 Å². The number of alkyl halides is 6. The van der Waals surface area contributed by atoms with Gasteiger partial charge in [-0.25, -0.2) is 19.6 Å². The van der Waals surface area contributed by atoms with E-state index in [0.717, 1.165) is 16.6 Å². The van der Waals surface area contributed by atoms with Crippen molar-refractivity contribution in [2.24, 2.45) is 0 Å². The minimum atomic E-state index is -4.98. The Morgan fingerprint density at radius 2 is 1.59 bits per heavy atom. The number of nitrogens with one attached hydrogen (secondary N) is 1. The molecule has 0 aliphatic rings. The second kappa shape index (κ2) is 9.04. The summed E-state index contributed by atoms with van der Waals surface area (Å²) in [6, 6.07) is 1.11. The van der Waals surface area contributed by atoms with Crippen LogP contribution in [-0.4, -0.2) is 36.1 Å². The Kier molecular flexibility index (Phi) is 6.60. The third kappa shape index (κ3) is 6.11. The molecule has 0 saturated heterocycles. The zero-order chi connectivity index (χ0) is 23.5. The van der Waals surface area contributed by atoms with E-state index in [1.54, 1.807) is 19.3 Å². The summed E-state index contributed by atoms with van der Waals surface area (Å²) in [5, 5.41) is 16.6. The van der Waals surface area contributed by atoms with Crippen LogP contribution in [0.4, 0.5) is 26.3 Å². The van der Waals surface area contributed by atoms with Gasteiger partial charge in [0.25, 0.3) is 0 Å². The molecule has 1 atom stereocenters. The standard InChI is InChI=1S/C19H16F6N6O/c1-11-26-7-12(8-27-11)9-28-16(32)2-3-31-10-29-17(30-31)13-4-14(18(20,21)22)6-15(5-13)19(23,24)25/h2-8,10,16,28,32H,9H2,1H3/b3-2-. The van der Waals surface area contributed by atoms with Crippen LogP contribution in [0.3, 0.4) is 0 Å². The molecule has 0 aliphatic heterocycles. The van der Waals surface area contributed by atoms with Crippen LogP contribution in [0.1, 0.15) is 22.5 Å². The highest BCUT2D eigenvalue weighted by atomic mass is 19.4. The number of aliphatic hydroxyl groups excluding tert-OH is 1. The Balaban J connectivity index is 1.74. The van der Waals surface area contributed by atoms with Crippen molar-refractivity contribution < 1.29 is 31.4 Å². The summed E-state index contributed by atoms with van der Waals surface area (Å²) in [5.74, 6) is 0.254. The van der Waals surface area contributed by atoms with Crippen LogP contribution in [0.15, 0.2) is 43.0 Å². The van der Waals surface area contributed by atoms with Crippen LogP contribution >= 0.6 is 0 Å². The second-order valence-electron chi connectivity index (χ2n) is 6.65. The van der Waals surface area contributed by atoms with Crippen LogP contribution < -0.4 is 5.32 Å². The smallest absolute Gasteiger partial charge is 0.375 e. The molecule has 2 aromatic heterocycles. The van der Waals surface area contributed by atoms with E-state index in [0.29, 0.717) is 18.0 Å². The van der Waals surface area contributed by atoms with E-state index in [9.17, 15) is 31.4 Å². The Bertz CT molecular complexity index is 1060. The zero-order valence-electron chi connectivity index (χ0n) is 16.4. The number of rotatable bonds is 6. The van der Waals surface area contributed by atoms with Crippen LogP contribution in [0.5, 0.6) is 0 Å². The van der Waals surface area contributed by atoms with Crippen molar-refractivity contribution in [2.45, 2.75) is 32.0 Å². The fourth-order valence-corrected chi connectivity index (χ4v) is 2.53. The number of aromatic nitrogens is 5. The molecule has 0 amide bonds. The molecule has 3 aromatic rings. The summed E-state index contributed by atoms with van der Waals surface area (Å²) in [7, 11) is 0. The third-order valence-electron chi connectivity index (χ3n) is 4.13. The van der Waals surface area contributed by atoms with Crippen LogP contribution in [0, 0.1) is 6.92 Å². The summed E-state index contributed by atoms with van der Waals surface area (Å²) in [6.07, 6.45) is -4.32. The quantitative estimate of drug-likeness (QED) is 0.433. The van der Waals surface area contributed by atoms with Gasteiger partial charge >= 0.3 is 12.4 Å². The number of benzene rings is 1. The lowest BCUT2D eigenvalue weighted by molar-refractivity contribution is -0.143. The maximum atomic E-state index is 13.0. The van der Waals surface area contributed by atoms with E-state index in [-0.39, 0.29) is 18.4 Å². The Morgan fingerprint density at radius 1 is 1.00 bits per heavy atom. The lowest BCUT2D eigenvalue weighted by atomic mass is 10.0. The molecule has 2 N–H and O–H groups in total. The molecule has 13 heteroatoms. The molecule has 1 aromatic carbocycles. The number of aryl methyl sites for hydroxylation is 1.